The van der Waals surface area contributed by atoms with Crippen molar-refractivity contribution in [2.45, 2.75) is 19.8 Å². The zero-order valence-electron chi connectivity index (χ0n) is 6.63. The lowest BCUT2D eigenvalue weighted by molar-refractivity contribution is 0.112. The van der Waals surface area contributed by atoms with Gasteiger partial charge in [0.15, 0.2) is 12.2 Å². The number of nitrogen functional groups attached to an aromatic ring is 1. The van der Waals surface area contributed by atoms with Crippen LogP contribution in [0.1, 0.15) is 35.7 Å². The van der Waals surface area contributed by atoms with Crippen molar-refractivity contribution in [3.63, 3.8) is 0 Å². The summed E-state index contributed by atoms with van der Waals surface area (Å²) in [5, 5.41) is 0. The summed E-state index contributed by atoms with van der Waals surface area (Å²) >= 11 is 0. The minimum Gasteiger partial charge on any atom is -0.448 e. The molecule has 0 unspecified atom stereocenters. The second kappa shape index (κ2) is 2.78. The Kier molecular flexibility index (Phi) is 1.98. The molecule has 0 aliphatic rings. The summed E-state index contributed by atoms with van der Waals surface area (Å²) in [7, 11) is 0. The molecule has 0 bridgehead atoms. The van der Waals surface area contributed by atoms with E-state index in [1.807, 2.05) is 13.8 Å². The maximum absolute atomic E-state index is 10.4. The average molecular weight is 153 g/mol. The predicted molar refractivity (Wildman–Crippen MR) is 42.6 cm³/mol. The number of anilines is 1. The molecule has 0 saturated heterocycles. The number of nitrogens with two attached hydrogens (primary N) is 1. The first-order valence-corrected chi connectivity index (χ1v) is 3.48. The molecule has 1 heterocycles. The maximum Gasteiger partial charge on any atom is 0.194 e. The van der Waals surface area contributed by atoms with Crippen LogP contribution in [0.4, 0.5) is 5.88 Å². The van der Waals surface area contributed by atoms with E-state index in [9.17, 15) is 4.79 Å². The monoisotopic (exact) mass is 153 g/mol. The molecule has 0 atom stereocenters. The van der Waals surface area contributed by atoms with Gasteiger partial charge in [-0.15, -0.1) is 0 Å². The van der Waals surface area contributed by atoms with E-state index < -0.39 is 0 Å². The highest BCUT2D eigenvalue weighted by atomic mass is 16.3. The SMILES string of the molecule is CC(C)c1c(C=O)coc1N. The fourth-order valence-corrected chi connectivity index (χ4v) is 1.11. The molecule has 1 rings (SSSR count). The van der Waals surface area contributed by atoms with Gasteiger partial charge >= 0.3 is 0 Å². The van der Waals surface area contributed by atoms with Crippen LogP contribution in [0.15, 0.2) is 10.7 Å². The third-order valence-corrected chi connectivity index (χ3v) is 1.59. The molecule has 60 valence electrons. The maximum atomic E-state index is 10.4. The minimum absolute atomic E-state index is 0.231. The number of carbonyl (C=O) groups is 1. The molecule has 3 heteroatoms. The number of hydrogen-bond donors (Lipinski definition) is 1. The summed E-state index contributed by atoms with van der Waals surface area (Å²) in [6.45, 7) is 3.93. The van der Waals surface area contributed by atoms with Crippen LogP contribution in [-0.4, -0.2) is 6.29 Å². The molecule has 0 amide bonds. The van der Waals surface area contributed by atoms with Gasteiger partial charge in [0.25, 0.3) is 0 Å². The van der Waals surface area contributed by atoms with Gasteiger partial charge in [0.2, 0.25) is 0 Å². The first-order chi connectivity index (χ1) is 5.16. The first kappa shape index (κ1) is 7.85. The molecule has 0 saturated carbocycles. The van der Waals surface area contributed by atoms with Crippen molar-refractivity contribution >= 4 is 12.2 Å². The first-order valence-electron chi connectivity index (χ1n) is 3.48. The van der Waals surface area contributed by atoms with Crippen LogP contribution in [-0.2, 0) is 0 Å². The molecule has 1 aromatic heterocycles. The molecule has 0 aromatic carbocycles. The van der Waals surface area contributed by atoms with Gasteiger partial charge in [-0.05, 0) is 5.92 Å². The van der Waals surface area contributed by atoms with Crippen LogP contribution in [0, 0.1) is 0 Å². The van der Waals surface area contributed by atoms with E-state index in [2.05, 4.69) is 0 Å². The van der Waals surface area contributed by atoms with Crippen molar-refractivity contribution in [2.75, 3.05) is 5.73 Å². The largest absolute Gasteiger partial charge is 0.448 e. The molecule has 11 heavy (non-hydrogen) atoms. The number of furan rings is 1. The molecule has 0 radical (unpaired) electrons. The highest BCUT2D eigenvalue weighted by Gasteiger charge is 2.13. The van der Waals surface area contributed by atoms with Gasteiger partial charge in [-0.2, -0.15) is 0 Å². The normalized spacial score (nSPS) is 10.5. The van der Waals surface area contributed by atoms with E-state index in [0.29, 0.717) is 11.4 Å². The Morgan fingerprint density at radius 3 is 2.64 bits per heavy atom. The number of carbonyl (C=O) groups excluding carboxylic acids is 1. The summed E-state index contributed by atoms with van der Waals surface area (Å²) in [6, 6.07) is 0. The lowest BCUT2D eigenvalue weighted by Crippen LogP contribution is -1.95. The molecular weight excluding hydrogens is 142 g/mol. The standard InChI is InChI=1S/C8H11NO2/c1-5(2)7-6(3-10)4-11-8(7)9/h3-5H,9H2,1-2H3. The Balaban J connectivity index is 3.17. The van der Waals surface area contributed by atoms with E-state index >= 15 is 0 Å². The van der Waals surface area contributed by atoms with Gasteiger partial charge in [-0.3, -0.25) is 4.79 Å². The Morgan fingerprint density at radius 1 is 1.64 bits per heavy atom. The van der Waals surface area contributed by atoms with Crippen LogP contribution >= 0.6 is 0 Å². The quantitative estimate of drug-likeness (QED) is 0.659. The van der Waals surface area contributed by atoms with E-state index in [1.54, 1.807) is 0 Å². The van der Waals surface area contributed by atoms with Crippen molar-refractivity contribution in [3.8, 4) is 0 Å². The summed E-state index contributed by atoms with van der Waals surface area (Å²) in [5.41, 5.74) is 6.85. The highest BCUT2D eigenvalue weighted by Crippen LogP contribution is 2.26. The Morgan fingerprint density at radius 2 is 2.27 bits per heavy atom. The van der Waals surface area contributed by atoms with Gasteiger partial charge < -0.3 is 10.2 Å². The zero-order chi connectivity index (χ0) is 8.43. The van der Waals surface area contributed by atoms with Crippen LogP contribution in [0.5, 0.6) is 0 Å². The summed E-state index contributed by atoms with van der Waals surface area (Å²) in [4.78, 5) is 10.4. The predicted octanol–water partition coefficient (Wildman–Crippen LogP) is 1.80. The van der Waals surface area contributed by atoms with Gasteiger partial charge in [0, 0.05) is 5.56 Å². The van der Waals surface area contributed by atoms with Gasteiger partial charge in [0.05, 0.1) is 5.56 Å². The van der Waals surface area contributed by atoms with E-state index in [1.165, 1.54) is 6.26 Å². The zero-order valence-corrected chi connectivity index (χ0v) is 6.63. The van der Waals surface area contributed by atoms with Gasteiger partial charge in [-0.1, -0.05) is 13.8 Å². The van der Waals surface area contributed by atoms with Crippen LogP contribution in [0.2, 0.25) is 0 Å². The molecule has 0 spiro atoms. The second-order valence-corrected chi connectivity index (χ2v) is 2.74. The third kappa shape index (κ3) is 1.27. The second-order valence-electron chi connectivity index (χ2n) is 2.74. The number of rotatable bonds is 2. The van der Waals surface area contributed by atoms with Gasteiger partial charge in [0.1, 0.15) is 6.26 Å². The lowest BCUT2D eigenvalue weighted by Gasteiger charge is -2.01. The Hall–Kier alpha value is -1.25. The van der Waals surface area contributed by atoms with Crippen molar-refractivity contribution in [3.05, 3.63) is 17.4 Å². The summed E-state index contributed by atoms with van der Waals surface area (Å²) < 4.78 is 4.89. The molecule has 0 fully saturated rings. The van der Waals surface area contributed by atoms with Crippen molar-refractivity contribution < 1.29 is 9.21 Å². The third-order valence-electron chi connectivity index (χ3n) is 1.59. The Labute approximate surface area is 65.2 Å². The smallest absolute Gasteiger partial charge is 0.194 e. The lowest BCUT2D eigenvalue weighted by atomic mass is 10.0. The molecule has 0 aliphatic heterocycles. The van der Waals surface area contributed by atoms with Crippen molar-refractivity contribution in [1.29, 1.82) is 0 Å². The van der Waals surface area contributed by atoms with Crippen LogP contribution in [0.3, 0.4) is 0 Å². The van der Waals surface area contributed by atoms with Gasteiger partial charge in [-0.25, -0.2) is 0 Å². The molecule has 1 aromatic rings. The number of aldehydes is 1. The number of hydrogen-bond acceptors (Lipinski definition) is 3. The minimum atomic E-state index is 0.231. The van der Waals surface area contributed by atoms with E-state index in [-0.39, 0.29) is 5.92 Å². The van der Waals surface area contributed by atoms with E-state index in [4.69, 9.17) is 10.2 Å². The topological polar surface area (TPSA) is 56.2 Å². The molecule has 3 nitrogen and oxygen atoms in total. The summed E-state index contributed by atoms with van der Waals surface area (Å²) in [5.74, 6) is 0.580. The van der Waals surface area contributed by atoms with Crippen molar-refractivity contribution in [2.24, 2.45) is 0 Å². The highest BCUT2D eigenvalue weighted by molar-refractivity contribution is 5.79. The van der Waals surface area contributed by atoms with Crippen molar-refractivity contribution in [1.82, 2.24) is 0 Å². The Bertz CT molecular complexity index is 263. The summed E-state index contributed by atoms with van der Waals surface area (Å²) in [6.07, 6.45) is 2.15. The van der Waals surface area contributed by atoms with Crippen LogP contribution < -0.4 is 5.73 Å². The molecule has 2 N–H and O–H groups in total. The average Bonchev–Trinajstić information content (AvgIpc) is 2.30. The fraction of sp³-hybridized carbons (Fsp3) is 0.375. The fourth-order valence-electron chi connectivity index (χ4n) is 1.11. The van der Waals surface area contributed by atoms with E-state index in [0.717, 1.165) is 11.8 Å². The van der Waals surface area contributed by atoms with Crippen LogP contribution in [0.25, 0.3) is 0 Å². The molecular formula is C8H11NO2. The molecule has 0 aliphatic carbocycles.